The number of aromatic nitrogens is 1. The van der Waals surface area contributed by atoms with Crippen LogP contribution in [0.15, 0.2) is 12.4 Å². The van der Waals surface area contributed by atoms with Gasteiger partial charge >= 0.3 is 0 Å². The van der Waals surface area contributed by atoms with Gasteiger partial charge in [0, 0.05) is 12.4 Å². The van der Waals surface area contributed by atoms with E-state index in [1.807, 2.05) is 13.8 Å². The molecule has 0 saturated heterocycles. The van der Waals surface area contributed by atoms with Gasteiger partial charge in [0.05, 0.1) is 12.6 Å². The molecule has 3 heteroatoms. The van der Waals surface area contributed by atoms with Gasteiger partial charge in [-0.15, -0.1) is 0 Å². The van der Waals surface area contributed by atoms with Gasteiger partial charge in [0.15, 0.2) is 0 Å². The number of aliphatic hydroxyl groups excluding tert-OH is 1. The second-order valence-corrected chi connectivity index (χ2v) is 2.98. The van der Waals surface area contributed by atoms with Crippen molar-refractivity contribution in [2.75, 3.05) is 6.61 Å². The molecule has 0 aliphatic heterocycles. The SMILES string of the molecule is Cc1cncc(C)c1C(N)CO. The van der Waals surface area contributed by atoms with Gasteiger partial charge < -0.3 is 10.8 Å². The van der Waals surface area contributed by atoms with Gasteiger partial charge in [-0.05, 0) is 30.5 Å². The normalized spacial score (nSPS) is 13.0. The van der Waals surface area contributed by atoms with Crippen LogP contribution in [-0.2, 0) is 0 Å². The van der Waals surface area contributed by atoms with Gasteiger partial charge in [-0.1, -0.05) is 0 Å². The Morgan fingerprint density at radius 2 is 1.92 bits per heavy atom. The summed E-state index contributed by atoms with van der Waals surface area (Å²) in [6.45, 7) is 3.88. The van der Waals surface area contributed by atoms with Crippen molar-refractivity contribution in [3.8, 4) is 0 Å². The molecule has 0 amide bonds. The van der Waals surface area contributed by atoms with Crippen LogP contribution in [0.3, 0.4) is 0 Å². The zero-order valence-corrected chi connectivity index (χ0v) is 7.41. The summed E-state index contributed by atoms with van der Waals surface area (Å²) in [5.74, 6) is 0. The zero-order chi connectivity index (χ0) is 9.14. The molecule has 0 saturated carbocycles. The largest absolute Gasteiger partial charge is 0.394 e. The van der Waals surface area contributed by atoms with Crippen molar-refractivity contribution < 1.29 is 5.11 Å². The highest BCUT2D eigenvalue weighted by molar-refractivity contribution is 5.32. The lowest BCUT2D eigenvalue weighted by atomic mass is 10.0. The fraction of sp³-hybridized carbons (Fsp3) is 0.444. The number of nitrogens with zero attached hydrogens (tertiary/aromatic N) is 1. The Balaban J connectivity index is 3.12. The minimum absolute atomic E-state index is 0.0221. The Kier molecular flexibility index (Phi) is 2.78. The van der Waals surface area contributed by atoms with E-state index in [1.165, 1.54) is 0 Å². The molecule has 3 nitrogen and oxygen atoms in total. The highest BCUT2D eigenvalue weighted by atomic mass is 16.3. The fourth-order valence-electron chi connectivity index (χ4n) is 1.39. The van der Waals surface area contributed by atoms with Gasteiger partial charge in [0.1, 0.15) is 0 Å². The van der Waals surface area contributed by atoms with E-state index < -0.39 is 0 Å². The molecular weight excluding hydrogens is 152 g/mol. The molecule has 0 fully saturated rings. The van der Waals surface area contributed by atoms with E-state index in [0.717, 1.165) is 16.7 Å². The van der Waals surface area contributed by atoms with Crippen molar-refractivity contribution in [2.45, 2.75) is 19.9 Å². The van der Waals surface area contributed by atoms with E-state index >= 15 is 0 Å². The number of nitrogens with two attached hydrogens (primary N) is 1. The lowest BCUT2D eigenvalue weighted by molar-refractivity contribution is 0.267. The molecule has 1 rings (SSSR count). The predicted octanol–water partition coefficient (Wildman–Crippen LogP) is 0.691. The van der Waals surface area contributed by atoms with Crippen LogP contribution in [-0.4, -0.2) is 16.7 Å². The van der Waals surface area contributed by atoms with Crippen molar-refractivity contribution in [1.29, 1.82) is 0 Å². The maximum atomic E-state index is 8.89. The molecule has 1 atom stereocenters. The van der Waals surface area contributed by atoms with Crippen LogP contribution in [0.5, 0.6) is 0 Å². The lowest BCUT2D eigenvalue weighted by Crippen LogP contribution is -2.17. The third-order valence-electron chi connectivity index (χ3n) is 1.95. The second-order valence-electron chi connectivity index (χ2n) is 2.98. The summed E-state index contributed by atoms with van der Waals surface area (Å²) in [4.78, 5) is 4.02. The highest BCUT2D eigenvalue weighted by Gasteiger charge is 2.09. The van der Waals surface area contributed by atoms with Crippen molar-refractivity contribution in [3.63, 3.8) is 0 Å². The highest BCUT2D eigenvalue weighted by Crippen LogP contribution is 2.17. The van der Waals surface area contributed by atoms with E-state index in [2.05, 4.69) is 4.98 Å². The van der Waals surface area contributed by atoms with Crippen LogP contribution < -0.4 is 5.73 Å². The Bertz CT molecular complexity index is 253. The summed E-state index contributed by atoms with van der Waals surface area (Å²) >= 11 is 0. The van der Waals surface area contributed by atoms with Crippen molar-refractivity contribution in [2.24, 2.45) is 5.73 Å². The molecule has 1 unspecified atom stereocenters. The zero-order valence-electron chi connectivity index (χ0n) is 7.41. The van der Waals surface area contributed by atoms with Crippen molar-refractivity contribution in [1.82, 2.24) is 4.98 Å². The lowest BCUT2D eigenvalue weighted by Gasteiger charge is -2.13. The van der Waals surface area contributed by atoms with Crippen LogP contribution >= 0.6 is 0 Å². The molecule has 0 spiro atoms. The molecule has 0 radical (unpaired) electrons. The smallest absolute Gasteiger partial charge is 0.0624 e. The summed E-state index contributed by atoms with van der Waals surface area (Å²) in [5, 5.41) is 8.89. The topological polar surface area (TPSA) is 59.1 Å². The first kappa shape index (κ1) is 9.16. The van der Waals surface area contributed by atoms with E-state index in [1.54, 1.807) is 12.4 Å². The molecule has 1 aromatic rings. The Morgan fingerprint density at radius 1 is 1.42 bits per heavy atom. The number of aryl methyl sites for hydroxylation is 2. The van der Waals surface area contributed by atoms with Crippen molar-refractivity contribution in [3.05, 3.63) is 29.1 Å². The second kappa shape index (κ2) is 3.65. The van der Waals surface area contributed by atoms with Gasteiger partial charge in [-0.2, -0.15) is 0 Å². The van der Waals surface area contributed by atoms with E-state index in [9.17, 15) is 0 Å². The molecule has 0 aromatic carbocycles. The maximum absolute atomic E-state index is 8.89. The van der Waals surface area contributed by atoms with Crippen LogP contribution in [0, 0.1) is 13.8 Å². The first-order valence-corrected chi connectivity index (χ1v) is 3.94. The third-order valence-corrected chi connectivity index (χ3v) is 1.95. The molecule has 12 heavy (non-hydrogen) atoms. The Labute approximate surface area is 72.2 Å². The quantitative estimate of drug-likeness (QED) is 0.679. The molecule has 0 aliphatic rings. The molecule has 66 valence electrons. The number of pyridine rings is 1. The van der Waals surface area contributed by atoms with Gasteiger partial charge in [0.25, 0.3) is 0 Å². The number of hydrogen-bond donors (Lipinski definition) is 2. The van der Waals surface area contributed by atoms with Crippen LogP contribution in [0.2, 0.25) is 0 Å². The molecule has 1 aromatic heterocycles. The third kappa shape index (κ3) is 1.62. The van der Waals surface area contributed by atoms with E-state index in [-0.39, 0.29) is 12.6 Å². The molecule has 1 heterocycles. The van der Waals surface area contributed by atoms with Crippen LogP contribution in [0.4, 0.5) is 0 Å². The maximum Gasteiger partial charge on any atom is 0.0624 e. The van der Waals surface area contributed by atoms with Crippen molar-refractivity contribution >= 4 is 0 Å². The molecule has 3 N–H and O–H groups in total. The summed E-state index contributed by atoms with van der Waals surface area (Å²) in [5.41, 5.74) is 8.80. The van der Waals surface area contributed by atoms with Gasteiger partial charge in [-0.25, -0.2) is 0 Å². The summed E-state index contributed by atoms with van der Waals surface area (Å²) in [7, 11) is 0. The summed E-state index contributed by atoms with van der Waals surface area (Å²) < 4.78 is 0. The standard InChI is InChI=1S/C9H14N2O/c1-6-3-11-4-7(2)9(6)8(10)5-12/h3-4,8,12H,5,10H2,1-2H3. The summed E-state index contributed by atoms with van der Waals surface area (Å²) in [6.07, 6.45) is 3.52. The van der Waals surface area contributed by atoms with Gasteiger partial charge in [0.2, 0.25) is 0 Å². The van der Waals surface area contributed by atoms with Gasteiger partial charge in [-0.3, -0.25) is 4.98 Å². The Hall–Kier alpha value is -0.930. The summed E-state index contributed by atoms with van der Waals surface area (Å²) in [6, 6.07) is -0.284. The number of rotatable bonds is 2. The van der Waals surface area contributed by atoms with Crippen LogP contribution in [0.1, 0.15) is 22.7 Å². The van der Waals surface area contributed by atoms with E-state index in [4.69, 9.17) is 10.8 Å². The number of aliphatic hydroxyl groups is 1. The molecular formula is C9H14N2O. The van der Waals surface area contributed by atoms with E-state index in [0.29, 0.717) is 0 Å². The minimum atomic E-state index is -0.284. The monoisotopic (exact) mass is 166 g/mol. The average Bonchev–Trinajstić information content (AvgIpc) is 2.03. The number of hydrogen-bond acceptors (Lipinski definition) is 3. The fourth-order valence-corrected chi connectivity index (χ4v) is 1.39. The van der Waals surface area contributed by atoms with Crippen LogP contribution in [0.25, 0.3) is 0 Å². The average molecular weight is 166 g/mol. The minimum Gasteiger partial charge on any atom is -0.394 e. The first-order valence-electron chi connectivity index (χ1n) is 3.94. The molecule has 0 bridgehead atoms. The Morgan fingerprint density at radius 3 is 2.33 bits per heavy atom. The predicted molar refractivity (Wildman–Crippen MR) is 47.7 cm³/mol. The first-order chi connectivity index (χ1) is 5.66. The molecule has 0 aliphatic carbocycles.